The number of methoxy groups -OCH3 is 1. The number of aliphatic hydroxyl groups is 1. The van der Waals surface area contributed by atoms with Gasteiger partial charge in [0.2, 0.25) is 5.95 Å². The number of rotatable bonds is 7. The van der Waals surface area contributed by atoms with Crippen LogP contribution in [0, 0.1) is 0 Å². The van der Waals surface area contributed by atoms with E-state index in [4.69, 9.17) is 9.47 Å². The quantitative estimate of drug-likeness (QED) is 0.593. The second-order valence-electron chi connectivity index (χ2n) is 7.38. The van der Waals surface area contributed by atoms with E-state index >= 15 is 0 Å². The Balaban J connectivity index is 1.71. The molecular weight excluding hydrogens is 408 g/mol. The van der Waals surface area contributed by atoms with Crippen molar-refractivity contribution in [2.24, 2.45) is 0 Å². The molecular formula is C21H25F2N5O3. The zero-order valence-corrected chi connectivity index (χ0v) is 17.3. The second kappa shape index (κ2) is 9.03. The molecule has 2 atom stereocenters. The average molecular weight is 433 g/mol. The van der Waals surface area contributed by atoms with E-state index in [9.17, 15) is 13.9 Å². The number of aromatic nitrogens is 3. The molecule has 0 amide bonds. The fourth-order valence-electron chi connectivity index (χ4n) is 3.87. The minimum atomic E-state index is -2.99. The summed E-state index contributed by atoms with van der Waals surface area (Å²) in [6.45, 7) is 1.54. The number of anilines is 1. The normalized spacial score (nSPS) is 19.7. The van der Waals surface area contributed by atoms with Gasteiger partial charge in [-0.2, -0.15) is 8.78 Å². The lowest BCUT2D eigenvalue weighted by Gasteiger charge is -2.36. The molecule has 1 aliphatic heterocycles. The van der Waals surface area contributed by atoms with Crippen LogP contribution >= 0.6 is 0 Å². The number of hydrogen-bond donors (Lipinski definition) is 2. The molecule has 166 valence electrons. The van der Waals surface area contributed by atoms with Gasteiger partial charge in [0.25, 0.3) is 0 Å². The summed E-state index contributed by atoms with van der Waals surface area (Å²) in [5, 5.41) is 22.3. The first-order valence-corrected chi connectivity index (χ1v) is 10.1. The number of piperidine rings is 1. The van der Waals surface area contributed by atoms with E-state index in [0.29, 0.717) is 41.4 Å². The number of benzene rings is 1. The first kappa shape index (κ1) is 21.3. The fourth-order valence-corrected chi connectivity index (χ4v) is 3.87. The van der Waals surface area contributed by atoms with Gasteiger partial charge >= 0.3 is 6.61 Å². The number of aliphatic hydroxyl groups excluding tert-OH is 1. The van der Waals surface area contributed by atoms with Crippen LogP contribution in [-0.4, -0.2) is 70.1 Å². The van der Waals surface area contributed by atoms with E-state index in [-0.39, 0.29) is 11.8 Å². The van der Waals surface area contributed by atoms with E-state index in [2.05, 4.69) is 27.3 Å². The van der Waals surface area contributed by atoms with Crippen LogP contribution in [0.2, 0.25) is 0 Å². The molecule has 0 bridgehead atoms. The largest absolute Gasteiger partial charge is 0.497 e. The summed E-state index contributed by atoms with van der Waals surface area (Å²) >= 11 is 0. The van der Waals surface area contributed by atoms with E-state index in [1.54, 1.807) is 22.7 Å². The molecule has 2 N–H and O–H groups in total. The molecule has 31 heavy (non-hydrogen) atoms. The van der Waals surface area contributed by atoms with Crippen molar-refractivity contribution >= 4 is 11.5 Å². The molecule has 8 nitrogen and oxygen atoms in total. The van der Waals surface area contributed by atoms with E-state index < -0.39 is 12.7 Å². The number of likely N-dealkylation sites (N-methyl/N-ethyl adjacent to an activating group) is 1. The Morgan fingerprint density at radius 3 is 2.87 bits per heavy atom. The number of halogens is 2. The highest BCUT2D eigenvalue weighted by Crippen LogP contribution is 2.36. The molecule has 3 heterocycles. The summed E-state index contributed by atoms with van der Waals surface area (Å²) in [7, 11) is 1.45. The van der Waals surface area contributed by atoms with Crippen LogP contribution in [0.5, 0.6) is 11.5 Å². The highest BCUT2D eigenvalue weighted by atomic mass is 19.3. The van der Waals surface area contributed by atoms with Gasteiger partial charge in [0.15, 0.2) is 0 Å². The van der Waals surface area contributed by atoms with Gasteiger partial charge in [0, 0.05) is 30.9 Å². The standard InChI is InChI=1S/C21H25F2N5O3/c1-3-27-10-8-17(29)15(12-27)24-21-26-25-19(16-5-4-9-28(16)21)14-7-6-13(30-2)11-18(14)31-20(22)23/h4-7,9,11,15,17,20,29H,3,8,10,12H2,1-2H3,(H,24,26)/t15-,17+/m0/s1. The summed E-state index contributed by atoms with van der Waals surface area (Å²) in [5.41, 5.74) is 1.44. The third kappa shape index (κ3) is 4.40. The molecule has 0 spiro atoms. The highest BCUT2D eigenvalue weighted by molar-refractivity contribution is 5.81. The summed E-state index contributed by atoms with van der Waals surface area (Å²) in [5.74, 6) is 0.813. The Morgan fingerprint density at radius 2 is 2.13 bits per heavy atom. The minimum Gasteiger partial charge on any atom is -0.497 e. The van der Waals surface area contributed by atoms with Gasteiger partial charge in [-0.15, -0.1) is 10.2 Å². The van der Waals surface area contributed by atoms with Crippen LogP contribution in [0.3, 0.4) is 0 Å². The Morgan fingerprint density at radius 1 is 1.29 bits per heavy atom. The van der Waals surface area contributed by atoms with Gasteiger partial charge in [-0.1, -0.05) is 6.92 Å². The molecule has 0 unspecified atom stereocenters. The molecule has 0 saturated carbocycles. The van der Waals surface area contributed by atoms with Gasteiger partial charge in [-0.25, -0.2) is 0 Å². The summed E-state index contributed by atoms with van der Waals surface area (Å²) in [4.78, 5) is 2.25. The van der Waals surface area contributed by atoms with Crippen molar-refractivity contribution in [1.82, 2.24) is 19.5 Å². The number of hydrogen-bond acceptors (Lipinski definition) is 7. The van der Waals surface area contributed by atoms with Gasteiger partial charge in [-0.3, -0.25) is 4.40 Å². The monoisotopic (exact) mass is 433 g/mol. The molecule has 2 aromatic heterocycles. The highest BCUT2D eigenvalue weighted by Gasteiger charge is 2.28. The van der Waals surface area contributed by atoms with Crippen LogP contribution < -0.4 is 14.8 Å². The van der Waals surface area contributed by atoms with Crippen LogP contribution in [0.15, 0.2) is 36.5 Å². The molecule has 1 aromatic carbocycles. The first-order valence-electron chi connectivity index (χ1n) is 10.1. The van der Waals surface area contributed by atoms with Crippen LogP contribution in [0.1, 0.15) is 13.3 Å². The zero-order valence-electron chi connectivity index (χ0n) is 17.3. The van der Waals surface area contributed by atoms with Gasteiger partial charge < -0.3 is 24.8 Å². The number of ether oxygens (including phenoxy) is 2. The predicted octanol–water partition coefficient (Wildman–Crippen LogP) is 2.87. The van der Waals surface area contributed by atoms with Crippen LogP contribution in [-0.2, 0) is 0 Å². The van der Waals surface area contributed by atoms with E-state index in [1.165, 1.54) is 13.2 Å². The molecule has 0 radical (unpaired) electrons. The molecule has 0 aliphatic carbocycles. The minimum absolute atomic E-state index is 0.0475. The summed E-state index contributed by atoms with van der Waals surface area (Å²) in [6, 6.07) is 8.11. The molecule has 1 fully saturated rings. The molecule has 4 rings (SSSR count). The lowest BCUT2D eigenvalue weighted by Crippen LogP contribution is -2.50. The second-order valence-corrected chi connectivity index (χ2v) is 7.38. The average Bonchev–Trinajstić information content (AvgIpc) is 3.26. The summed E-state index contributed by atoms with van der Waals surface area (Å²) in [6.07, 6.45) is 1.98. The van der Waals surface area contributed by atoms with E-state index in [1.807, 2.05) is 12.1 Å². The lowest BCUT2D eigenvalue weighted by atomic mass is 10.0. The van der Waals surface area contributed by atoms with Crippen LogP contribution in [0.25, 0.3) is 16.8 Å². The predicted molar refractivity (Wildman–Crippen MR) is 112 cm³/mol. The molecule has 10 heteroatoms. The van der Waals surface area contributed by atoms with Crippen molar-refractivity contribution in [2.45, 2.75) is 32.1 Å². The van der Waals surface area contributed by atoms with Crippen molar-refractivity contribution in [3.05, 3.63) is 36.5 Å². The maximum Gasteiger partial charge on any atom is 0.387 e. The maximum absolute atomic E-state index is 13.0. The Bertz CT molecular complexity index is 1050. The zero-order chi connectivity index (χ0) is 22.0. The van der Waals surface area contributed by atoms with Crippen LogP contribution in [0.4, 0.5) is 14.7 Å². The lowest BCUT2D eigenvalue weighted by molar-refractivity contribution is -0.0495. The van der Waals surface area contributed by atoms with Crippen molar-refractivity contribution in [3.8, 4) is 22.8 Å². The molecule has 3 aromatic rings. The maximum atomic E-state index is 13.0. The van der Waals surface area contributed by atoms with Gasteiger partial charge in [-0.05, 0) is 37.2 Å². The number of alkyl halides is 2. The van der Waals surface area contributed by atoms with Crippen molar-refractivity contribution < 1.29 is 23.4 Å². The number of likely N-dealkylation sites (tertiary alicyclic amines) is 1. The first-order chi connectivity index (χ1) is 15.0. The van der Waals surface area contributed by atoms with Crippen molar-refractivity contribution in [3.63, 3.8) is 0 Å². The Kier molecular flexibility index (Phi) is 6.19. The Labute approximate surface area is 178 Å². The smallest absolute Gasteiger partial charge is 0.387 e. The number of fused-ring (bicyclic) bond motifs is 1. The van der Waals surface area contributed by atoms with E-state index in [0.717, 1.165) is 13.1 Å². The third-order valence-electron chi connectivity index (χ3n) is 5.55. The third-order valence-corrected chi connectivity index (χ3v) is 5.55. The molecule has 1 saturated heterocycles. The van der Waals surface area contributed by atoms with Crippen molar-refractivity contribution in [2.75, 3.05) is 32.1 Å². The summed E-state index contributed by atoms with van der Waals surface area (Å²) < 4.78 is 37.6. The fraction of sp³-hybridized carbons (Fsp3) is 0.429. The number of nitrogens with one attached hydrogen (secondary N) is 1. The van der Waals surface area contributed by atoms with Crippen molar-refractivity contribution in [1.29, 1.82) is 0 Å². The topological polar surface area (TPSA) is 84.2 Å². The van der Waals surface area contributed by atoms with Gasteiger partial charge in [0.05, 0.1) is 24.8 Å². The SMILES string of the molecule is CCN1CC[C@@H](O)[C@@H](Nc2nnc(-c3ccc(OC)cc3OC(F)F)c3cccn23)C1. The number of nitrogens with zero attached hydrogens (tertiary/aromatic N) is 4. The Hall–Kier alpha value is -2.98. The molecule has 1 aliphatic rings. The van der Waals surface area contributed by atoms with Gasteiger partial charge in [0.1, 0.15) is 17.2 Å².